The Labute approximate surface area is 128 Å². The van der Waals surface area contributed by atoms with Gasteiger partial charge in [0.1, 0.15) is 5.82 Å². The number of fused-ring (bicyclic) bond motifs is 1. The molecule has 2 aromatic rings. The fourth-order valence-electron chi connectivity index (χ4n) is 2.66. The van der Waals surface area contributed by atoms with Crippen molar-refractivity contribution in [1.29, 1.82) is 0 Å². The smallest absolute Gasteiger partial charge is 0.132 e. The van der Waals surface area contributed by atoms with Crippen LogP contribution in [0.5, 0.6) is 0 Å². The zero-order valence-electron chi connectivity index (χ0n) is 13.6. The molecule has 3 nitrogen and oxygen atoms in total. The maximum Gasteiger partial charge on any atom is 0.132 e. The number of anilines is 1. The largest absolute Gasteiger partial charge is 0.359 e. The lowest BCUT2D eigenvalue weighted by Crippen LogP contribution is -2.27. The van der Waals surface area contributed by atoms with E-state index in [-0.39, 0.29) is 6.04 Å². The minimum absolute atomic E-state index is 0.142. The van der Waals surface area contributed by atoms with Crippen LogP contribution in [0.4, 0.5) is 5.82 Å². The standard InChI is InChI=1S/C18H27N3/c1-5-13(2)12-21(4)18-16(10-14(3)19)11-15-8-6-7-9-17(15)20-18/h6-9,11,13-14H,5,10,12,19H2,1-4H3. The van der Waals surface area contributed by atoms with Crippen LogP contribution in [0.1, 0.15) is 32.8 Å². The van der Waals surface area contributed by atoms with Gasteiger partial charge in [-0.2, -0.15) is 0 Å². The Bertz CT molecular complexity index is 592. The van der Waals surface area contributed by atoms with Gasteiger partial charge < -0.3 is 10.6 Å². The number of nitrogens with zero attached hydrogens (tertiary/aromatic N) is 2. The summed E-state index contributed by atoms with van der Waals surface area (Å²) in [6.45, 7) is 7.58. The molecule has 0 saturated carbocycles. The maximum atomic E-state index is 6.02. The average molecular weight is 285 g/mol. The van der Waals surface area contributed by atoms with Gasteiger partial charge in [-0.05, 0) is 37.0 Å². The molecule has 0 aliphatic rings. The third-order valence-corrected chi connectivity index (χ3v) is 3.97. The topological polar surface area (TPSA) is 42.2 Å². The van der Waals surface area contributed by atoms with Crippen molar-refractivity contribution in [3.05, 3.63) is 35.9 Å². The fraction of sp³-hybridized carbons (Fsp3) is 0.500. The molecule has 3 heteroatoms. The van der Waals surface area contributed by atoms with Gasteiger partial charge in [0.25, 0.3) is 0 Å². The number of benzene rings is 1. The van der Waals surface area contributed by atoms with E-state index in [4.69, 9.17) is 10.7 Å². The highest BCUT2D eigenvalue weighted by Gasteiger charge is 2.14. The van der Waals surface area contributed by atoms with E-state index in [1.807, 2.05) is 13.0 Å². The van der Waals surface area contributed by atoms with E-state index in [1.165, 1.54) is 17.4 Å². The first kappa shape index (κ1) is 15.8. The highest BCUT2D eigenvalue weighted by atomic mass is 15.2. The van der Waals surface area contributed by atoms with Crippen LogP contribution < -0.4 is 10.6 Å². The van der Waals surface area contributed by atoms with E-state index < -0.39 is 0 Å². The zero-order chi connectivity index (χ0) is 15.4. The molecule has 21 heavy (non-hydrogen) atoms. The fourth-order valence-corrected chi connectivity index (χ4v) is 2.66. The van der Waals surface area contributed by atoms with Gasteiger partial charge in [0.05, 0.1) is 5.52 Å². The van der Waals surface area contributed by atoms with Gasteiger partial charge in [-0.25, -0.2) is 4.98 Å². The number of pyridine rings is 1. The van der Waals surface area contributed by atoms with Crippen molar-refractivity contribution in [1.82, 2.24) is 4.98 Å². The average Bonchev–Trinajstić information content (AvgIpc) is 2.45. The quantitative estimate of drug-likeness (QED) is 0.881. The van der Waals surface area contributed by atoms with E-state index in [9.17, 15) is 0 Å². The number of hydrogen-bond acceptors (Lipinski definition) is 3. The number of hydrogen-bond donors (Lipinski definition) is 1. The lowest BCUT2D eigenvalue weighted by Gasteiger charge is -2.25. The first-order valence-electron chi connectivity index (χ1n) is 7.86. The second kappa shape index (κ2) is 6.90. The normalized spacial score (nSPS) is 14.1. The van der Waals surface area contributed by atoms with Crippen LogP contribution in [-0.2, 0) is 6.42 Å². The summed E-state index contributed by atoms with van der Waals surface area (Å²) >= 11 is 0. The molecular weight excluding hydrogens is 258 g/mol. The maximum absolute atomic E-state index is 6.02. The molecule has 114 valence electrons. The molecule has 0 radical (unpaired) electrons. The molecule has 0 saturated heterocycles. The molecule has 0 aliphatic carbocycles. The SMILES string of the molecule is CCC(C)CN(C)c1nc2ccccc2cc1CC(C)N. The van der Waals surface area contributed by atoms with Gasteiger partial charge >= 0.3 is 0 Å². The summed E-state index contributed by atoms with van der Waals surface area (Å²) in [5, 5.41) is 1.19. The van der Waals surface area contributed by atoms with Crippen molar-refractivity contribution in [2.24, 2.45) is 11.7 Å². The van der Waals surface area contributed by atoms with Crippen LogP contribution >= 0.6 is 0 Å². The Hall–Kier alpha value is -1.61. The Morgan fingerprint density at radius 2 is 1.95 bits per heavy atom. The minimum atomic E-state index is 0.142. The molecule has 2 atom stereocenters. The lowest BCUT2D eigenvalue weighted by molar-refractivity contribution is 0.556. The molecule has 0 aliphatic heterocycles. The van der Waals surface area contributed by atoms with Crippen LogP contribution in [0.15, 0.2) is 30.3 Å². The lowest BCUT2D eigenvalue weighted by atomic mass is 10.0. The van der Waals surface area contributed by atoms with Gasteiger partial charge in [0.2, 0.25) is 0 Å². The van der Waals surface area contributed by atoms with Crippen LogP contribution in [0.3, 0.4) is 0 Å². The van der Waals surface area contributed by atoms with Crippen LogP contribution in [0, 0.1) is 5.92 Å². The monoisotopic (exact) mass is 285 g/mol. The number of rotatable bonds is 6. The highest BCUT2D eigenvalue weighted by molar-refractivity contribution is 5.81. The molecule has 0 fully saturated rings. The van der Waals surface area contributed by atoms with Gasteiger partial charge in [-0.15, -0.1) is 0 Å². The molecule has 2 rings (SSSR count). The van der Waals surface area contributed by atoms with E-state index >= 15 is 0 Å². The Balaban J connectivity index is 2.42. The number of aromatic nitrogens is 1. The van der Waals surface area contributed by atoms with Gasteiger partial charge in [-0.1, -0.05) is 38.5 Å². The molecule has 0 amide bonds. The molecule has 1 aromatic heterocycles. The first-order valence-corrected chi connectivity index (χ1v) is 7.86. The summed E-state index contributed by atoms with van der Waals surface area (Å²) in [5.74, 6) is 1.73. The van der Waals surface area contributed by atoms with Gasteiger partial charge in [-0.3, -0.25) is 0 Å². The predicted octanol–water partition coefficient (Wildman–Crippen LogP) is 3.61. The summed E-state index contributed by atoms with van der Waals surface area (Å²) in [4.78, 5) is 7.16. The zero-order valence-corrected chi connectivity index (χ0v) is 13.6. The van der Waals surface area contributed by atoms with Crippen LogP contribution in [-0.4, -0.2) is 24.6 Å². The van der Waals surface area contributed by atoms with Crippen molar-refractivity contribution in [3.8, 4) is 0 Å². The van der Waals surface area contributed by atoms with E-state index in [0.717, 1.165) is 24.3 Å². The van der Waals surface area contributed by atoms with Crippen molar-refractivity contribution < 1.29 is 0 Å². The van der Waals surface area contributed by atoms with E-state index in [2.05, 4.69) is 50.1 Å². The Kier molecular flexibility index (Phi) is 5.18. The molecule has 1 heterocycles. The molecule has 1 aromatic carbocycles. The number of para-hydroxylation sites is 1. The third kappa shape index (κ3) is 3.94. The minimum Gasteiger partial charge on any atom is -0.359 e. The second-order valence-electron chi connectivity index (χ2n) is 6.24. The summed E-state index contributed by atoms with van der Waals surface area (Å²) < 4.78 is 0. The van der Waals surface area contributed by atoms with Crippen molar-refractivity contribution in [3.63, 3.8) is 0 Å². The predicted molar refractivity (Wildman–Crippen MR) is 91.8 cm³/mol. The Morgan fingerprint density at radius 3 is 2.62 bits per heavy atom. The third-order valence-electron chi connectivity index (χ3n) is 3.97. The first-order chi connectivity index (χ1) is 10.0. The van der Waals surface area contributed by atoms with E-state index in [0.29, 0.717) is 5.92 Å². The van der Waals surface area contributed by atoms with Crippen molar-refractivity contribution in [2.75, 3.05) is 18.5 Å². The summed E-state index contributed by atoms with van der Waals surface area (Å²) in [6.07, 6.45) is 2.04. The summed E-state index contributed by atoms with van der Waals surface area (Å²) in [5.41, 5.74) is 8.32. The van der Waals surface area contributed by atoms with E-state index in [1.54, 1.807) is 0 Å². The van der Waals surface area contributed by atoms with Crippen molar-refractivity contribution in [2.45, 2.75) is 39.7 Å². The summed E-state index contributed by atoms with van der Waals surface area (Å²) in [7, 11) is 2.13. The summed E-state index contributed by atoms with van der Waals surface area (Å²) in [6, 6.07) is 10.7. The second-order valence-corrected chi connectivity index (χ2v) is 6.24. The molecule has 0 bridgehead atoms. The van der Waals surface area contributed by atoms with Gasteiger partial charge in [0, 0.05) is 25.0 Å². The highest BCUT2D eigenvalue weighted by Crippen LogP contribution is 2.25. The molecule has 2 N–H and O–H groups in total. The van der Waals surface area contributed by atoms with Crippen LogP contribution in [0.25, 0.3) is 10.9 Å². The Morgan fingerprint density at radius 1 is 1.24 bits per heavy atom. The van der Waals surface area contributed by atoms with Crippen molar-refractivity contribution >= 4 is 16.7 Å². The number of nitrogens with two attached hydrogens (primary N) is 1. The van der Waals surface area contributed by atoms with Gasteiger partial charge in [0.15, 0.2) is 0 Å². The molecule has 0 spiro atoms. The van der Waals surface area contributed by atoms with Crippen LogP contribution in [0.2, 0.25) is 0 Å². The molecule has 2 unspecified atom stereocenters. The molecular formula is C18H27N3.